The van der Waals surface area contributed by atoms with E-state index in [1.807, 2.05) is 0 Å². The van der Waals surface area contributed by atoms with E-state index in [1.54, 1.807) is 0 Å². The van der Waals surface area contributed by atoms with Gasteiger partial charge in [0.1, 0.15) is 5.82 Å². The molecule has 0 spiro atoms. The van der Waals surface area contributed by atoms with Crippen molar-refractivity contribution in [1.29, 1.82) is 0 Å². The normalized spacial score (nSPS) is 11.8. The van der Waals surface area contributed by atoms with Crippen molar-refractivity contribution in [1.82, 2.24) is 10.1 Å². The maximum atomic E-state index is 13.2. The number of anilines is 1. The van der Waals surface area contributed by atoms with Gasteiger partial charge in [0.2, 0.25) is 0 Å². The largest absolute Gasteiger partial charge is 0.419 e. The van der Waals surface area contributed by atoms with Gasteiger partial charge < -0.3 is 10.3 Å². The van der Waals surface area contributed by atoms with E-state index in [4.69, 9.17) is 5.73 Å². The average Bonchev–Trinajstić information content (AvgIpc) is 2.62. The Hall–Kier alpha value is -2.12. The van der Waals surface area contributed by atoms with Gasteiger partial charge in [-0.2, -0.15) is 18.2 Å². The molecule has 1 aromatic carbocycles. The second-order valence-electron chi connectivity index (χ2n) is 3.15. The molecule has 0 radical (unpaired) electrons. The molecule has 0 atom stereocenters. The minimum absolute atomic E-state index is 0.0275. The smallest absolute Gasteiger partial charge is 0.365 e. The van der Waals surface area contributed by atoms with Crippen LogP contribution in [0.25, 0.3) is 11.5 Å². The summed E-state index contributed by atoms with van der Waals surface area (Å²) in [5, 5.41) is 3.24. The number of aromatic nitrogens is 2. The number of halogens is 4. The van der Waals surface area contributed by atoms with Crippen LogP contribution in [0.4, 0.5) is 23.5 Å². The predicted molar refractivity (Wildman–Crippen MR) is 49.1 cm³/mol. The minimum Gasteiger partial charge on any atom is -0.365 e. The van der Waals surface area contributed by atoms with Gasteiger partial charge in [0.15, 0.2) is 0 Å². The molecule has 2 aromatic rings. The first-order valence-electron chi connectivity index (χ1n) is 4.34. The van der Waals surface area contributed by atoms with Crippen LogP contribution in [0.5, 0.6) is 0 Å². The highest BCUT2D eigenvalue weighted by molar-refractivity contribution is 5.54. The maximum absolute atomic E-state index is 13.2. The van der Waals surface area contributed by atoms with E-state index in [1.165, 1.54) is 0 Å². The average molecular weight is 247 g/mol. The third-order valence-corrected chi connectivity index (χ3v) is 1.96. The first-order valence-corrected chi connectivity index (χ1v) is 4.34. The highest BCUT2D eigenvalue weighted by Gasteiger charge is 2.34. The van der Waals surface area contributed by atoms with Crippen LogP contribution in [0, 0.1) is 5.82 Å². The quantitative estimate of drug-likeness (QED) is 0.786. The van der Waals surface area contributed by atoms with Gasteiger partial charge >= 0.3 is 6.18 Å². The molecule has 1 heterocycles. The molecule has 0 amide bonds. The van der Waals surface area contributed by atoms with Crippen LogP contribution in [-0.2, 0) is 6.18 Å². The molecule has 0 aliphatic rings. The molecule has 1 aromatic heterocycles. The Morgan fingerprint density at radius 1 is 1.24 bits per heavy atom. The third kappa shape index (κ3) is 2.19. The molecule has 0 unspecified atom stereocenters. The van der Waals surface area contributed by atoms with Crippen molar-refractivity contribution in [2.45, 2.75) is 6.18 Å². The summed E-state index contributed by atoms with van der Waals surface area (Å²) in [6.07, 6.45) is -4.74. The van der Waals surface area contributed by atoms with Gasteiger partial charge in [0.05, 0.1) is 5.56 Å². The summed E-state index contributed by atoms with van der Waals surface area (Å²) in [6, 6.07) is 2.29. The molecule has 8 heteroatoms. The zero-order chi connectivity index (χ0) is 12.6. The van der Waals surface area contributed by atoms with Gasteiger partial charge in [-0.1, -0.05) is 0 Å². The molecule has 0 bridgehead atoms. The molecule has 0 aliphatic heterocycles. The Morgan fingerprint density at radius 3 is 2.41 bits per heavy atom. The SMILES string of the molecule is Nc1noc(-c2ccc(C(F)(F)F)c(F)c2)n1. The van der Waals surface area contributed by atoms with Gasteiger partial charge in [-0.25, -0.2) is 4.39 Å². The molecular weight excluding hydrogens is 242 g/mol. The molecule has 0 saturated heterocycles. The summed E-state index contributed by atoms with van der Waals surface area (Å²) >= 11 is 0. The molecule has 4 nitrogen and oxygen atoms in total. The van der Waals surface area contributed by atoms with Crippen LogP contribution >= 0.6 is 0 Å². The van der Waals surface area contributed by atoms with Gasteiger partial charge in [-0.15, -0.1) is 0 Å². The first-order chi connectivity index (χ1) is 7.88. The fourth-order valence-electron chi connectivity index (χ4n) is 1.23. The summed E-state index contributed by atoms with van der Waals surface area (Å²) in [7, 11) is 0. The Bertz CT molecular complexity index is 549. The third-order valence-electron chi connectivity index (χ3n) is 1.96. The molecule has 0 aliphatic carbocycles. The van der Waals surface area contributed by atoms with Crippen LogP contribution in [0.3, 0.4) is 0 Å². The van der Waals surface area contributed by atoms with Crippen LogP contribution < -0.4 is 5.73 Å². The van der Waals surface area contributed by atoms with E-state index in [9.17, 15) is 17.6 Å². The Labute approximate surface area is 92.0 Å². The summed E-state index contributed by atoms with van der Waals surface area (Å²) in [5.74, 6) is -1.73. The van der Waals surface area contributed by atoms with Crippen LogP contribution in [0.1, 0.15) is 5.56 Å². The lowest BCUT2D eigenvalue weighted by atomic mass is 10.1. The monoisotopic (exact) mass is 247 g/mol. The maximum Gasteiger partial charge on any atom is 0.419 e. The number of nitrogens with two attached hydrogens (primary N) is 1. The van der Waals surface area contributed by atoms with Crippen molar-refractivity contribution in [2.75, 3.05) is 5.73 Å². The summed E-state index contributed by atoms with van der Waals surface area (Å²) in [5.41, 5.74) is 3.84. The lowest BCUT2D eigenvalue weighted by molar-refractivity contribution is -0.139. The van der Waals surface area contributed by atoms with Crippen LogP contribution in [-0.4, -0.2) is 10.1 Å². The van der Waals surface area contributed by atoms with Crippen molar-refractivity contribution in [2.24, 2.45) is 0 Å². The Morgan fingerprint density at radius 2 is 1.94 bits per heavy atom. The molecule has 0 fully saturated rings. The van der Waals surface area contributed by atoms with Gasteiger partial charge in [0, 0.05) is 5.56 Å². The Balaban J connectivity index is 2.44. The standard InChI is InChI=1S/C9H5F4N3O/c10-6-3-4(7-15-8(14)16-17-7)1-2-5(6)9(11,12)13/h1-3H,(H2,14,16). The Kier molecular flexibility index (Phi) is 2.49. The van der Waals surface area contributed by atoms with Crippen LogP contribution in [0.15, 0.2) is 22.7 Å². The molecule has 90 valence electrons. The lowest BCUT2D eigenvalue weighted by Gasteiger charge is -2.07. The summed E-state index contributed by atoms with van der Waals surface area (Å²) < 4.78 is 54.6. The fourth-order valence-corrected chi connectivity index (χ4v) is 1.23. The molecule has 17 heavy (non-hydrogen) atoms. The van der Waals surface area contributed by atoms with Crippen LogP contribution in [0.2, 0.25) is 0 Å². The fraction of sp³-hybridized carbons (Fsp3) is 0.111. The molecule has 0 saturated carbocycles. The van der Waals surface area contributed by atoms with Gasteiger partial charge in [-0.05, 0) is 23.4 Å². The van der Waals surface area contributed by atoms with Crippen molar-refractivity contribution in [3.05, 3.63) is 29.6 Å². The first kappa shape index (κ1) is 11.4. The second-order valence-corrected chi connectivity index (χ2v) is 3.15. The second kappa shape index (κ2) is 3.72. The summed E-state index contributed by atoms with van der Waals surface area (Å²) in [6.45, 7) is 0. The van der Waals surface area contributed by atoms with E-state index in [0.29, 0.717) is 12.1 Å². The van der Waals surface area contributed by atoms with E-state index in [2.05, 4.69) is 14.7 Å². The van der Waals surface area contributed by atoms with E-state index < -0.39 is 17.6 Å². The number of hydrogen-bond acceptors (Lipinski definition) is 4. The predicted octanol–water partition coefficient (Wildman–Crippen LogP) is 2.48. The molecule has 2 rings (SSSR count). The van der Waals surface area contributed by atoms with Crippen molar-refractivity contribution < 1.29 is 22.1 Å². The van der Waals surface area contributed by atoms with E-state index in [0.717, 1.165) is 6.07 Å². The summed E-state index contributed by atoms with van der Waals surface area (Å²) in [4.78, 5) is 3.57. The molecule has 2 N–H and O–H groups in total. The minimum atomic E-state index is -4.74. The highest BCUT2D eigenvalue weighted by Crippen LogP contribution is 2.33. The van der Waals surface area contributed by atoms with Crippen molar-refractivity contribution in [3.63, 3.8) is 0 Å². The van der Waals surface area contributed by atoms with Gasteiger partial charge in [-0.3, -0.25) is 0 Å². The van der Waals surface area contributed by atoms with Crippen molar-refractivity contribution in [3.8, 4) is 11.5 Å². The number of benzene rings is 1. The van der Waals surface area contributed by atoms with Crippen molar-refractivity contribution >= 4 is 5.95 Å². The topological polar surface area (TPSA) is 64.9 Å². The van der Waals surface area contributed by atoms with E-state index >= 15 is 0 Å². The zero-order valence-corrected chi connectivity index (χ0v) is 8.12. The van der Waals surface area contributed by atoms with Gasteiger partial charge in [0.25, 0.3) is 11.8 Å². The number of nitrogens with zero attached hydrogens (tertiary/aromatic N) is 2. The number of nitrogen functional groups attached to an aromatic ring is 1. The number of alkyl halides is 3. The molecular formula is C9H5F4N3O. The zero-order valence-electron chi connectivity index (χ0n) is 8.12. The number of rotatable bonds is 1. The highest BCUT2D eigenvalue weighted by atomic mass is 19.4. The van der Waals surface area contributed by atoms with E-state index in [-0.39, 0.29) is 17.4 Å². The lowest BCUT2D eigenvalue weighted by Crippen LogP contribution is -2.07. The number of hydrogen-bond donors (Lipinski definition) is 1.